The molecular formula is C18H27NO6S. The van der Waals surface area contributed by atoms with Crippen molar-refractivity contribution in [2.75, 3.05) is 46.1 Å². The van der Waals surface area contributed by atoms with Gasteiger partial charge in [-0.1, -0.05) is 0 Å². The van der Waals surface area contributed by atoms with Gasteiger partial charge in [0.1, 0.15) is 12.4 Å². The fourth-order valence-electron chi connectivity index (χ4n) is 3.26. The Kier molecular flexibility index (Phi) is 6.88. The molecule has 3 rings (SSSR count). The fourth-order valence-corrected chi connectivity index (χ4v) is 4.73. The quantitative estimate of drug-likeness (QED) is 0.636. The highest BCUT2D eigenvalue weighted by atomic mass is 32.2. The lowest BCUT2D eigenvalue weighted by molar-refractivity contribution is -0.0938. The van der Waals surface area contributed by atoms with Crippen molar-refractivity contribution in [2.45, 2.75) is 31.0 Å². The Bertz CT molecular complexity index is 649. The Hall–Kier alpha value is -1.19. The van der Waals surface area contributed by atoms with Crippen LogP contribution in [0.2, 0.25) is 0 Å². The van der Waals surface area contributed by atoms with Crippen molar-refractivity contribution in [1.29, 1.82) is 0 Å². The molecule has 2 aliphatic heterocycles. The van der Waals surface area contributed by atoms with E-state index in [1.54, 1.807) is 28.6 Å². The summed E-state index contributed by atoms with van der Waals surface area (Å²) >= 11 is 0. The van der Waals surface area contributed by atoms with Gasteiger partial charge in [0, 0.05) is 25.6 Å². The predicted molar refractivity (Wildman–Crippen MR) is 95.6 cm³/mol. The van der Waals surface area contributed by atoms with Gasteiger partial charge in [-0.25, -0.2) is 8.42 Å². The SMILES string of the molecule is CCOCCOc1ccc(S(=O)(=O)N2CCC(C3OCCO3)CC2)cc1. The summed E-state index contributed by atoms with van der Waals surface area (Å²) in [5, 5.41) is 0. The summed E-state index contributed by atoms with van der Waals surface area (Å²) in [7, 11) is -3.48. The first kappa shape index (κ1) is 19.6. The maximum absolute atomic E-state index is 12.8. The Labute approximate surface area is 155 Å². The lowest BCUT2D eigenvalue weighted by Crippen LogP contribution is -2.41. The van der Waals surface area contributed by atoms with Crippen LogP contribution < -0.4 is 4.74 Å². The lowest BCUT2D eigenvalue weighted by Gasteiger charge is -2.33. The van der Waals surface area contributed by atoms with Crippen molar-refractivity contribution in [2.24, 2.45) is 5.92 Å². The van der Waals surface area contributed by atoms with Crippen LogP contribution in [-0.2, 0) is 24.2 Å². The molecule has 0 aliphatic carbocycles. The number of sulfonamides is 1. The Balaban J connectivity index is 1.54. The minimum Gasteiger partial charge on any atom is -0.491 e. The monoisotopic (exact) mass is 385 g/mol. The van der Waals surface area contributed by atoms with E-state index in [1.807, 2.05) is 6.92 Å². The van der Waals surface area contributed by atoms with Crippen LogP contribution >= 0.6 is 0 Å². The third kappa shape index (κ3) is 4.75. The molecule has 0 saturated carbocycles. The van der Waals surface area contributed by atoms with Crippen LogP contribution in [-0.4, -0.2) is 65.1 Å². The van der Waals surface area contributed by atoms with E-state index in [-0.39, 0.29) is 12.2 Å². The topological polar surface area (TPSA) is 74.3 Å². The maximum atomic E-state index is 12.8. The molecule has 0 radical (unpaired) electrons. The second-order valence-electron chi connectivity index (χ2n) is 6.37. The average Bonchev–Trinajstić information content (AvgIpc) is 3.21. The van der Waals surface area contributed by atoms with Crippen molar-refractivity contribution in [3.63, 3.8) is 0 Å². The van der Waals surface area contributed by atoms with Crippen LogP contribution in [0.15, 0.2) is 29.2 Å². The van der Waals surface area contributed by atoms with E-state index in [2.05, 4.69) is 0 Å². The second-order valence-corrected chi connectivity index (χ2v) is 8.31. The molecule has 2 heterocycles. The van der Waals surface area contributed by atoms with E-state index in [0.29, 0.717) is 56.8 Å². The Morgan fingerprint density at radius 1 is 1.08 bits per heavy atom. The summed E-state index contributed by atoms with van der Waals surface area (Å²) in [5.74, 6) is 0.906. The van der Waals surface area contributed by atoms with Gasteiger partial charge < -0.3 is 18.9 Å². The molecule has 7 nitrogen and oxygen atoms in total. The molecule has 0 amide bonds. The van der Waals surface area contributed by atoms with Gasteiger partial charge in [-0.05, 0) is 44.0 Å². The number of ether oxygens (including phenoxy) is 4. The highest BCUT2D eigenvalue weighted by Crippen LogP contribution is 2.29. The summed E-state index contributed by atoms with van der Waals surface area (Å²) in [5.41, 5.74) is 0. The average molecular weight is 385 g/mol. The minimum absolute atomic E-state index is 0.173. The zero-order valence-electron chi connectivity index (χ0n) is 15.1. The van der Waals surface area contributed by atoms with E-state index in [4.69, 9.17) is 18.9 Å². The van der Waals surface area contributed by atoms with Crippen molar-refractivity contribution in [1.82, 2.24) is 4.31 Å². The summed E-state index contributed by atoms with van der Waals surface area (Å²) in [6, 6.07) is 6.57. The van der Waals surface area contributed by atoms with Crippen LogP contribution in [0.5, 0.6) is 5.75 Å². The van der Waals surface area contributed by atoms with Gasteiger partial charge in [0.2, 0.25) is 10.0 Å². The van der Waals surface area contributed by atoms with Gasteiger partial charge in [0.25, 0.3) is 0 Å². The molecule has 26 heavy (non-hydrogen) atoms. The van der Waals surface area contributed by atoms with E-state index >= 15 is 0 Å². The Morgan fingerprint density at radius 3 is 2.35 bits per heavy atom. The normalized spacial score (nSPS) is 20.5. The van der Waals surface area contributed by atoms with Gasteiger partial charge in [-0.15, -0.1) is 0 Å². The first-order valence-corrected chi connectivity index (χ1v) is 10.6. The molecule has 0 unspecified atom stereocenters. The summed E-state index contributed by atoms with van der Waals surface area (Å²) in [4.78, 5) is 0.293. The van der Waals surface area contributed by atoms with E-state index in [1.165, 1.54) is 0 Å². The van der Waals surface area contributed by atoms with Crippen LogP contribution in [0.4, 0.5) is 0 Å². The van der Waals surface area contributed by atoms with Crippen molar-refractivity contribution >= 4 is 10.0 Å². The van der Waals surface area contributed by atoms with E-state index in [9.17, 15) is 8.42 Å². The third-order valence-electron chi connectivity index (χ3n) is 4.69. The zero-order chi connectivity index (χ0) is 18.4. The lowest BCUT2D eigenvalue weighted by atomic mass is 9.98. The van der Waals surface area contributed by atoms with Gasteiger partial charge in [0.15, 0.2) is 6.29 Å². The molecule has 2 fully saturated rings. The fraction of sp³-hybridized carbons (Fsp3) is 0.667. The minimum atomic E-state index is -3.48. The molecule has 8 heteroatoms. The second kappa shape index (κ2) is 9.14. The highest BCUT2D eigenvalue weighted by Gasteiger charge is 2.34. The highest BCUT2D eigenvalue weighted by molar-refractivity contribution is 7.89. The van der Waals surface area contributed by atoms with Crippen LogP contribution in [0, 0.1) is 5.92 Å². The summed E-state index contributed by atoms with van der Waals surface area (Å²) < 4.78 is 49.0. The number of benzene rings is 1. The van der Waals surface area contributed by atoms with Crippen molar-refractivity contribution < 1.29 is 27.4 Å². The van der Waals surface area contributed by atoms with Gasteiger partial charge in [-0.3, -0.25) is 0 Å². The zero-order valence-corrected chi connectivity index (χ0v) is 15.9. The smallest absolute Gasteiger partial charge is 0.243 e. The molecule has 2 aliphatic rings. The maximum Gasteiger partial charge on any atom is 0.243 e. The molecule has 0 N–H and O–H groups in total. The molecule has 1 aromatic rings. The van der Waals surface area contributed by atoms with Crippen LogP contribution in [0.3, 0.4) is 0 Å². The summed E-state index contributed by atoms with van der Waals surface area (Å²) in [6.45, 7) is 5.77. The van der Waals surface area contributed by atoms with Crippen LogP contribution in [0.25, 0.3) is 0 Å². The molecule has 0 aromatic heterocycles. The van der Waals surface area contributed by atoms with E-state index < -0.39 is 10.0 Å². The molecule has 0 atom stereocenters. The third-order valence-corrected chi connectivity index (χ3v) is 6.61. The Morgan fingerprint density at radius 2 is 1.73 bits per heavy atom. The number of nitrogens with zero attached hydrogens (tertiary/aromatic N) is 1. The number of rotatable bonds is 8. The van der Waals surface area contributed by atoms with Crippen molar-refractivity contribution in [3.8, 4) is 5.75 Å². The number of piperidine rings is 1. The number of hydrogen-bond donors (Lipinski definition) is 0. The molecule has 0 bridgehead atoms. The van der Waals surface area contributed by atoms with Gasteiger partial charge in [0.05, 0.1) is 24.7 Å². The predicted octanol–water partition coefficient (Wildman–Crippen LogP) is 1.88. The first-order valence-electron chi connectivity index (χ1n) is 9.15. The molecule has 0 spiro atoms. The summed E-state index contributed by atoms with van der Waals surface area (Å²) in [6.07, 6.45) is 1.33. The number of hydrogen-bond acceptors (Lipinski definition) is 6. The molecule has 146 valence electrons. The van der Waals surface area contributed by atoms with E-state index in [0.717, 1.165) is 12.8 Å². The van der Waals surface area contributed by atoms with Crippen LogP contribution in [0.1, 0.15) is 19.8 Å². The molecular weight excluding hydrogens is 358 g/mol. The van der Waals surface area contributed by atoms with Crippen molar-refractivity contribution in [3.05, 3.63) is 24.3 Å². The van der Waals surface area contributed by atoms with Gasteiger partial charge in [-0.2, -0.15) is 4.31 Å². The largest absolute Gasteiger partial charge is 0.491 e. The standard InChI is InChI=1S/C18H27NO6S/c1-2-22-11-12-23-16-3-5-17(6-4-16)26(20,21)19-9-7-15(8-10-19)18-24-13-14-25-18/h3-6,15,18H,2,7-14H2,1H3. The molecule has 2 saturated heterocycles. The first-order chi connectivity index (χ1) is 12.6. The molecule has 1 aromatic carbocycles. The van der Waals surface area contributed by atoms with Gasteiger partial charge >= 0.3 is 0 Å².